The summed E-state index contributed by atoms with van der Waals surface area (Å²) in [5, 5.41) is 4.12. The van der Waals surface area contributed by atoms with E-state index in [0.717, 1.165) is 21.3 Å². The Balaban J connectivity index is 2.27. The Morgan fingerprint density at radius 2 is 2.24 bits per heavy atom. The monoisotopic (exact) mass is 311 g/mol. The van der Waals surface area contributed by atoms with Crippen LogP contribution in [0.3, 0.4) is 0 Å². The van der Waals surface area contributed by atoms with Crippen LogP contribution in [0.1, 0.15) is 24.1 Å². The van der Waals surface area contributed by atoms with Crippen molar-refractivity contribution in [3.63, 3.8) is 0 Å². The van der Waals surface area contributed by atoms with Crippen LogP contribution in [0, 0.1) is 0 Å². The number of thiophene rings is 1. The zero-order chi connectivity index (χ0) is 12.3. The van der Waals surface area contributed by atoms with Gasteiger partial charge in [-0.25, -0.2) is 0 Å². The first-order valence-corrected chi connectivity index (χ1v) is 7.16. The average Bonchev–Trinajstić information content (AvgIpc) is 2.82. The van der Waals surface area contributed by atoms with E-state index >= 15 is 0 Å². The summed E-state index contributed by atoms with van der Waals surface area (Å²) in [6.45, 7) is 2.64. The molecule has 1 aromatic heterocycles. The molecular weight excluding hydrogens is 298 g/mol. The number of ether oxygens (including phenoxy) is 1. The van der Waals surface area contributed by atoms with E-state index in [9.17, 15) is 0 Å². The Morgan fingerprint density at radius 3 is 2.82 bits per heavy atom. The number of hydrogen-bond acceptors (Lipinski definition) is 3. The van der Waals surface area contributed by atoms with Gasteiger partial charge in [0.1, 0.15) is 5.75 Å². The fourth-order valence-corrected chi connectivity index (χ4v) is 2.95. The fraction of sp³-hybridized carbons (Fsp3) is 0.231. The first kappa shape index (κ1) is 12.6. The van der Waals surface area contributed by atoms with Gasteiger partial charge < -0.3 is 10.5 Å². The second-order valence-corrected chi connectivity index (χ2v) is 5.29. The zero-order valence-electron chi connectivity index (χ0n) is 9.52. The highest BCUT2D eigenvalue weighted by atomic mass is 79.9. The normalized spacial score (nSPS) is 12.4. The van der Waals surface area contributed by atoms with Gasteiger partial charge in [0.25, 0.3) is 0 Å². The molecule has 2 rings (SSSR count). The maximum Gasteiger partial charge on any atom is 0.120 e. The maximum atomic E-state index is 6.22. The van der Waals surface area contributed by atoms with Gasteiger partial charge in [0.2, 0.25) is 0 Å². The summed E-state index contributed by atoms with van der Waals surface area (Å²) >= 11 is 5.21. The van der Waals surface area contributed by atoms with Crippen LogP contribution in [0.2, 0.25) is 0 Å². The number of rotatable bonds is 4. The van der Waals surface area contributed by atoms with Gasteiger partial charge in [-0.15, -0.1) is 0 Å². The van der Waals surface area contributed by atoms with Crippen LogP contribution < -0.4 is 10.5 Å². The molecule has 0 aliphatic carbocycles. The minimum atomic E-state index is -0.0914. The lowest BCUT2D eigenvalue weighted by Gasteiger charge is -2.14. The number of benzene rings is 1. The van der Waals surface area contributed by atoms with Gasteiger partial charge >= 0.3 is 0 Å². The third-order valence-electron chi connectivity index (χ3n) is 2.52. The Bertz CT molecular complexity index is 484. The molecule has 1 unspecified atom stereocenters. The third kappa shape index (κ3) is 2.89. The highest BCUT2D eigenvalue weighted by Crippen LogP contribution is 2.30. The minimum Gasteiger partial charge on any atom is -0.494 e. The number of nitrogens with two attached hydrogens (primary N) is 1. The van der Waals surface area contributed by atoms with Crippen molar-refractivity contribution in [2.75, 3.05) is 6.61 Å². The molecule has 0 amide bonds. The van der Waals surface area contributed by atoms with Crippen molar-refractivity contribution < 1.29 is 4.74 Å². The molecule has 4 heteroatoms. The SMILES string of the molecule is CCOc1ccc(C(N)c2ccsc2)c(Br)c1. The summed E-state index contributed by atoms with van der Waals surface area (Å²) in [4.78, 5) is 0. The predicted molar refractivity (Wildman–Crippen MR) is 75.7 cm³/mol. The van der Waals surface area contributed by atoms with Crippen LogP contribution >= 0.6 is 27.3 Å². The lowest BCUT2D eigenvalue weighted by Crippen LogP contribution is -2.11. The van der Waals surface area contributed by atoms with E-state index in [4.69, 9.17) is 10.5 Å². The second-order valence-electron chi connectivity index (χ2n) is 3.65. The highest BCUT2D eigenvalue weighted by Gasteiger charge is 2.13. The van der Waals surface area contributed by atoms with Crippen LogP contribution in [0.25, 0.3) is 0 Å². The van der Waals surface area contributed by atoms with Gasteiger partial charge in [-0.1, -0.05) is 22.0 Å². The summed E-state index contributed by atoms with van der Waals surface area (Å²) in [5.74, 6) is 0.862. The van der Waals surface area contributed by atoms with Gasteiger partial charge in [-0.05, 0) is 47.0 Å². The average molecular weight is 312 g/mol. The molecular formula is C13H14BrNOS. The van der Waals surface area contributed by atoms with Gasteiger partial charge in [-0.2, -0.15) is 11.3 Å². The van der Waals surface area contributed by atoms with E-state index in [1.54, 1.807) is 11.3 Å². The lowest BCUT2D eigenvalue weighted by molar-refractivity contribution is 0.340. The van der Waals surface area contributed by atoms with E-state index in [1.807, 2.05) is 30.5 Å². The summed E-state index contributed by atoms with van der Waals surface area (Å²) in [5.41, 5.74) is 8.44. The van der Waals surface area contributed by atoms with E-state index in [2.05, 4.69) is 27.4 Å². The second kappa shape index (κ2) is 5.67. The molecule has 0 radical (unpaired) electrons. The Labute approximate surface area is 114 Å². The molecule has 0 aliphatic rings. The van der Waals surface area contributed by atoms with Crippen LogP contribution in [-0.4, -0.2) is 6.61 Å². The van der Waals surface area contributed by atoms with Crippen molar-refractivity contribution in [2.24, 2.45) is 5.73 Å². The molecule has 0 saturated heterocycles. The lowest BCUT2D eigenvalue weighted by atomic mass is 10.0. The van der Waals surface area contributed by atoms with Crippen LogP contribution in [0.4, 0.5) is 0 Å². The molecule has 0 aliphatic heterocycles. The molecule has 17 heavy (non-hydrogen) atoms. The molecule has 2 aromatic rings. The fourth-order valence-electron chi connectivity index (χ4n) is 1.65. The highest BCUT2D eigenvalue weighted by molar-refractivity contribution is 9.10. The molecule has 2 nitrogen and oxygen atoms in total. The van der Waals surface area contributed by atoms with Crippen molar-refractivity contribution in [1.82, 2.24) is 0 Å². The van der Waals surface area contributed by atoms with Crippen molar-refractivity contribution >= 4 is 27.3 Å². The molecule has 0 fully saturated rings. The Kier molecular flexibility index (Phi) is 4.20. The van der Waals surface area contributed by atoms with E-state index in [-0.39, 0.29) is 6.04 Å². The summed E-state index contributed by atoms with van der Waals surface area (Å²) in [6, 6.07) is 7.89. The third-order valence-corrected chi connectivity index (χ3v) is 3.91. The summed E-state index contributed by atoms with van der Waals surface area (Å²) in [6.07, 6.45) is 0. The first-order chi connectivity index (χ1) is 8.22. The van der Waals surface area contributed by atoms with Crippen LogP contribution in [0.15, 0.2) is 39.5 Å². The van der Waals surface area contributed by atoms with Gasteiger partial charge in [0.15, 0.2) is 0 Å². The van der Waals surface area contributed by atoms with Crippen LogP contribution in [0.5, 0.6) is 5.75 Å². The topological polar surface area (TPSA) is 35.2 Å². The largest absolute Gasteiger partial charge is 0.494 e. The van der Waals surface area contributed by atoms with E-state index < -0.39 is 0 Å². The van der Waals surface area contributed by atoms with Crippen molar-refractivity contribution in [2.45, 2.75) is 13.0 Å². The molecule has 1 aromatic carbocycles. The van der Waals surface area contributed by atoms with Crippen molar-refractivity contribution in [3.8, 4) is 5.75 Å². The van der Waals surface area contributed by atoms with Gasteiger partial charge in [-0.3, -0.25) is 0 Å². The van der Waals surface area contributed by atoms with E-state index in [0.29, 0.717) is 6.61 Å². The quantitative estimate of drug-likeness (QED) is 0.927. The Hall–Kier alpha value is -0.840. The smallest absolute Gasteiger partial charge is 0.120 e. The summed E-state index contributed by atoms with van der Waals surface area (Å²) in [7, 11) is 0. The van der Waals surface area contributed by atoms with Crippen LogP contribution in [-0.2, 0) is 0 Å². The molecule has 90 valence electrons. The minimum absolute atomic E-state index is 0.0914. The molecule has 1 heterocycles. The number of halogens is 1. The molecule has 0 saturated carbocycles. The molecule has 2 N–H and O–H groups in total. The van der Waals surface area contributed by atoms with Gasteiger partial charge in [0, 0.05) is 4.47 Å². The van der Waals surface area contributed by atoms with E-state index in [1.165, 1.54) is 0 Å². The molecule has 0 spiro atoms. The Morgan fingerprint density at radius 1 is 1.41 bits per heavy atom. The molecule has 0 bridgehead atoms. The van der Waals surface area contributed by atoms with Crippen molar-refractivity contribution in [1.29, 1.82) is 0 Å². The number of hydrogen-bond donors (Lipinski definition) is 1. The van der Waals surface area contributed by atoms with Crippen molar-refractivity contribution in [3.05, 3.63) is 50.6 Å². The zero-order valence-corrected chi connectivity index (χ0v) is 11.9. The maximum absolute atomic E-state index is 6.22. The summed E-state index contributed by atoms with van der Waals surface area (Å²) < 4.78 is 6.43. The molecule has 1 atom stereocenters. The standard InChI is InChI=1S/C13H14BrNOS/c1-2-16-10-3-4-11(12(14)7-10)13(15)9-5-6-17-8-9/h3-8,13H,2,15H2,1H3. The predicted octanol–water partition coefficient (Wildman–Crippen LogP) is 3.96. The first-order valence-electron chi connectivity index (χ1n) is 5.42. The van der Waals surface area contributed by atoms with Gasteiger partial charge in [0.05, 0.1) is 12.6 Å².